The minimum Gasteiger partial charge on any atom is -0.372 e. The lowest BCUT2D eigenvalue weighted by atomic mass is 10.2. The Morgan fingerprint density at radius 2 is 2.00 bits per heavy atom. The molecule has 0 radical (unpaired) electrons. The van der Waals surface area contributed by atoms with E-state index in [0.717, 1.165) is 38.0 Å². The first kappa shape index (κ1) is 15.8. The third kappa shape index (κ3) is 4.44. The second kappa shape index (κ2) is 8.00. The van der Waals surface area contributed by atoms with Gasteiger partial charge in [0.25, 0.3) is 5.91 Å². The molecule has 1 aromatic rings. The van der Waals surface area contributed by atoms with Crippen molar-refractivity contribution in [3.05, 3.63) is 29.8 Å². The van der Waals surface area contributed by atoms with Gasteiger partial charge >= 0.3 is 0 Å². The van der Waals surface area contributed by atoms with Gasteiger partial charge in [0.2, 0.25) is 0 Å². The molecule has 0 spiro atoms. The molecule has 1 fully saturated rings. The highest BCUT2D eigenvalue weighted by Crippen LogP contribution is 2.16. The Morgan fingerprint density at radius 1 is 1.29 bits per heavy atom. The van der Waals surface area contributed by atoms with Crippen LogP contribution in [0.2, 0.25) is 0 Å². The SMILES string of the molecule is CCN(CC)c1ccc(C(=O)NO[C@@H]2CCCCO2)cc1. The summed E-state index contributed by atoms with van der Waals surface area (Å²) < 4.78 is 5.40. The number of ether oxygens (including phenoxy) is 1. The van der Waals surface area contributed by atoms with E-state index in [1.807, 2.05) is 24.3 Å². The maximum Gasteiger partial charge on any atom is 0.274 e. The normalized spacial score (nSPS) is 18.3. The van der Waals surface area contributed by atoms with Gasteiger partial charge in [-0.15, -0.1) is 0 Å². The molecule has 5 heteroatoms. The lowest BCUT2D eigenvalue weighted by Gasteiger charge is -2.22. The Hall–Kier alpha value is -1.59. The zero-order chi connectivity index (χ0) is 15.1. The molecule has 116 valence electrons. The van der Waals surface area contributed by atoms with E-state index in [2.05, 4.69) is 24.2 Å². The van der Waals surface area contributed by atoms with E-state index in [0.29, 0.717) is 12.2 Å². The summed E-state index contributed by atoms with van der Waals surface area (Å²) in [7, 11) is 0. The fourth-order valence-electron chi connectivity index (χ4n) is 2.39. The molecule has 0 bridgehead atoms. The number of hydroxylamine groups is 1. The summed E-state index contributed by atoms with van der Waals surface area (Å²) in [5, 5.41) is 0. The van der Waals surface area contributed by atoms with Gasteiger partial charge in [0.15, 0.2) is 6.29 Å². The van der Waals surface area contributed by atoms with E-state index in [1.54, 1.807) is 0 Å². The molecule has 1 N–H and O–H groups in total. The van der Waals surface area contributed by atoms with Gasteiger partial charge in [0.05, 0.1) is 0 Å². The first-order valence-corrected chi connectivity index (χ1v) is 7.67. The Balaban J connectivity index is 1.87. The number of anilines is 1. The van der Waals surface area contributed by atoms with Gasteiger partial charge in [-0.1, -0.05) is 0 Å². The molecule has 1 amide bonds. The van der Waals surface area contributed by atoms with Crippen molar-refractivity contribution in [1.29, 1.82) is 0 Å². The Bertz CT molecular complexity index is 437. The molecule has 0 aliphatic carbocycles. The quantitative estimate of drug-likeness (QED) is 0.819. The van der Waals surface area contributed by atoms with Crippen LogP contribution in [0.15, 0.2) is 24.3 Å². The Morgan fingerprint density at radius 3 is 2.57 bits per heavy atom. The van der Waals surface area contributed by atoms with E-state index in [4.69, 9.17) is 9.57 Å². The number of hydrogen-bond donors (Lipinski definition) is 1. The van der Waals surface area contributed by atoms with Crippen LogP contribution in [0.25, 0.3) is 0 Å². The molecule has 1 aromatic carbocycles. The topological polar surface area (TPSA) is 50.8 Å². The van der Waals surface area contributed by atoms with Crippen molar-refractivity contribution < 1.29 is 14.4 Å². The lowest BCUT2D eigenvalue weighted by molar-refractivity contribution is -0.186. The smallest absolute Gasteiger partial charge is 0.274 e. The van der Waals surface area contributed by atoms with Gasteiger partial charge in [0, 0.05) is 37.4 Å². The highest BCUT2D eigenvalue weighted by molar-refractivity contribution is 5.93. The fourth-order valence-corrected chi connectivity index (χ4v) is 2.39. The number of nitrogens with one attached hydrogen (secondary N) is 1. The second-order valence-electron chi connectivity index (χ2n) is 5.06. The number of carbonyl (C=O) groups excluding carboxylic acids is 1. The summed E-state index contributed by atoms with van der Waals surface area (Å²) in [4.78, 5) is 19.5. The molecule has 1 aliphatic rings. The van der Waals surface area contributed by atoms with E-state index < -0.39 is 0 Å². The molecular formula is C16H24N2O3. The summed E-state index contributed by atoms with van der Waals surface area (Å²) in [6.07, 6.45) is 2.62. The maximum absolute atomic E-state index is 12.0. The summed E-state index contributed by atoms with van der Waals surface area (Å²) in [6.45, 7) is 6.82. The predicted octanol–water partition coefficient (Wildman–Crippen LogP) is 2.72. The van der Waals surface area contributed by atoms with Crippen LogP contribution in [0.3, 0.4) is 0 Å². The first-order valence-electron chi connectivity index (χ1n) is 7.67. The van der Waals surface area contributed by atoms with Crippen molar-refractivity contribution in [2.75, 3.05) is 24.6 Å². The molecular weight excluding hydrogens is 268 g/mol. The third-order valence-electron chi connectivity index (χ3n) is 3.68. The standard InChI is InChI=1S/C16H24N2O3/c1-3-18(4-2)14-10-8-13(9-11-14)16(19)17-21-15-7-5-6-12-20-15/h8-11,15H,3-7,12H2,1-2H3,(H,17,19)/t15-/m1/s1. The Kier molecular flexibility index (Phi) is 6.02. The van der Waals surface area contributed by atoms with Gasteiger partial charge < -0.3 is 9.64 Å². The largest absolute Gasteiger partial charge is 0.372 e. The Labute approximate surface area is 126 Å². The van der Waals surface area contributed by atoms with Crippen LogP contribution in [0.4, 0.5) is 5.69 Å². The van der Waals surface area contributed by atoms with Crippen LogP contribution < -0.4 is 10.4 Å². The average molecular weight is 292 g/mol. The summed E-state index contributed by atoms with van der Waals surface area (Å²) in [5.41, 5.74) is 4.17. The van der Waals surface area contributed by atoms with Crippen molar-refractivity contribution in [2.45, 2.75) is 39.4 Å². The van der Waals surface area contributed by atoms with E-state index in [1.165, 1.54) is 0 Å². The summed E-state index contributed by atoms with van der Waals surface area (Å²) >= 11 is 0. The monoisotopic (exact) mass is 292 g/mol. The molecule has 0 saturated carbocycles. The lowest BCUT2D eigenvalue weighted by Crippen LogP contribution is -2.33. The molecule has 1 saturated heterocycles. The molecule has 2 rings (SSSR count). The van der Waals surface area contributed by atoms with Crippen LogP contribution in [0, 0.1) is 0 Å². The van der Waals surface area contributed by atoms with Crippen molar-refractivity contribution in [1.82, 2.24) is 5.48 Å². The zero-order valence-corrected chi connectivity index (χ0v) is 12.8. The number of benzene rings is 1. The highest BCUT2D eigenvalue weighted by Gasteiger charge is 2.16. The molecule has 5 nitrogen and oxygen atoms in total. The van der Waals surface area contributed by atoms with Gasteiger partial charge in [-0.25, -0.2) is 10.3 Å². The number of amides is 1. The second-order valence-corrected chi connectivity index (χ2v) is 5.06. The van der Waals surface area contributed by atoms with E-state index >= 15 is 0 Å². The van der Waals surface area contributed by atoms with E-state index in [9.17, 15) is 4.79 Å². The molecule has 1 aliphatic heterocycles. The number of rotatable bonds is 6. The molecule has 21 heavy (non-hydrogen) atoms. The van der Waals surface area contributed by atoms with Crippen LogP contribution in [-0.4, -0.2) is 31.9 Å². The highest BCUT2D eigenvalue weighted by atomic mass is 16.8. The van der Waals surface area contributed by atoms with Gasteiger partial charge in [-0.3, -0.25) is 4.79 Å². The molecule has 1 atom stereocenters. The zero-order valence-electron chi connectivity index (χ0n) is 12.8. The maximum atomic E-state index is 12.0. The van der Waals surface area contributed by atoms with Crippen molar-refractivity contribution in [2.24, 2.45) is 0 Å². The number of carbonyl (C=O) groups is 1. The number of nitrogens with zero attached hydrogens (tertiary/aromatic N) is 1. The molecule has 0 aromatic heterocycles. The van der Waals surface area contributed by atoms with Crippen LogP contribution in [0.5, 0.6) is 0 Å². The van der Waals surface area contributed by atoms with E-state index in [-0.39, 0.29) is 12.2 Å². The minimum atomic E-state index is -0.322. The summed E-state index contributed by atoms with van der Waals surface area (Å²) in [5.74, 6) is -0.240. The average Bonchev–Trinajstić information content (AvgIpc) is 2.55. The number of hydrogen-bond acceptors (Lipinski definition) is 4. The third-order valence-corrected chi connectivity index (χ3v) is 3.68. The fraction of sp³-hybridized carbons (Fsp3) is 0.562. The van der Waals surface area contributed by atoms with Gasteiger partial charge in [-0.05, 0) is 51.0 Å². The van der Waals surface area contributed by atoms with Crippen molar-refractivity contribution >= 4 is 11.6 Å². The van der Waals surface area contributed by atoms with Crippen molar-refractivity contribution in [3.63, 3.8) is 0 Å². The molecule has 0 unspecified atom stereocenters. The predicted molar refractivity (Wildman–Crippen MR) is 82.1 cm³/mol. The van der Waals surface area contributed by atoms with Crippen LogP contribution >= 0.6 is 0 Å². The summed E-state index contributed by atoms with van der Waals surface area (Å²) in [6, 6.07) is 7.54. The van der Waals surface area contributed by atoms with Crippen LogP contribution in [0.1, 0.15) is 43.5 Å². The van der Waals surface area contributed by atoms with Crippen LogP contribution in [-0.2, 0) is 9.57 Å². The van der Waals surface area contributed by atoms with Gasteiger partial charge in [0.1, 0.15) is 0 Å². The minimum absolute atomic E-state index is 0.240. The first-order chi connectivity index (χ1) is 10.2. The molecule has 1 heterocycles. The van der Waals surface area contributed by atoms with Crippen molar-refractivity contribution in [3.8, 4) is 0 Å². The van der Waals surface area contributed by atoms with Gasteiger partial charge in [-0.2, -0.15) is 0 Å².